The van der Waals surface area contributed by atoms with Crippen LogP contribution in [0.4, 0.5) is 22.4 Å². The summed E-state index contributed by atoms with van der Waals surface area (Å²) in [4.78, 5) is 44.5. The van der Waals surface area contributed by atoms with E-state index in [1.807, 2.05) is 11.8 Å². The van der Waals surface area contributed by atoms with Gasteiger partial charge in [-0.3, -0.25) is 14.6 Å². The summed E-state index contributed by atoms with van der Waals surface area (Å²) in [5, 5.41) is 2.74. The Morgan fingerprint density at radius 1 is 1.05 bits per heavy atom. The minimum absolute atomic E-state index is 0.0848. The monoisotopic (exact) mass is 576 g/mol. The molecule has 4 rings (SSSR count). The van der Waals surface area contributed by atoms with Crippen molar-refractivity contribution in [2.75, 3.05) is 39.3 Å². The van der Waals surface area contributed by atoms with E-state index in [0.29, 0.717) is 18.8 Å². The van der Waals surface area contributed by atoms with Crippen LogP contribution in [0.25, 0.3) is 0 Å². The van der Waals surface area contributed by atoms with E-state index in [1.54, 1.807) is 24.8 Å². The molecule has 2 unspecified atom stereocenters. The third-order valence-corrected chi connectivity index (χ3v) is 7.27. The summed E-state index contributed by atoms with van der Waals surface area (Å²) in [6.45, 7) is 6.75. The van der Waals surface area contributed by atoms with E-state index < -0.39 is 35.6 Å². The number of halogens is 4. The molecule has 0 aromatic heterocycles. The van der Waals surface area contributed by atoms with Gasteiger partial charge in [-0.15, -0.1) is 0 Å². The van der Waals surface area contributed by atoms with Gasteiger partial charge in [-0.2, -0.15) is 13.2 Å². The largest absolute Gasteiger partial charge is 0.463 e. The van der Waals surface area contributed by atoms with Gasteiger partial charge in [0.1, 0.15) is 5.82 Å². The van der Waals surface area contributed by atoms with E-state index in [4.69, 9.17) is 4.74 Å². The second-order valence-electron chi connectivity index (χ2n) is 9.89. The van der Waals surface area contributed by atoms with Crippen LogP contribution in [-0.2, 0) is 15.7 Å². The van der Waals surface area contributed by atoms with Crippen molar-refractivity contribution in [2.24, 2.45) is 0 Å². The molecule has 0 saturated carbocycles. The fourth-order valence-electron chi connectivity index (χ4n) is 5.26. The van der Waals surface area contributed by atoms with Crippen LogP contribution in [0.5, 0.6) is 0 Å². The first-order valence-corrected chi connectivity index (χ1v) is 13.4. The average Bonchev–Trinajstić information content (AvgIpc) is 2.92. The van der Waals surface area contributed by atoms with Gasteiger partial charge in [0.05, 0.1) is 23.8 Å². The van der Waals surface area contributed by atoms with Gasteiger partial charge in [0.15, 0.2) is 0 Å². The van der Waals surface area contributed by atoms with Gasteiger partial charge in [0.25, 0.3) is 5.91 Å². The standard InChI is InChI=1S/C29H32F4N4O4/c1-4-36-23(24(27(39)41-5-2)25(34-28(36)40)21-8-6-7-9-22(21)30)17-35-14-15-37(18(3)16-35)26(38)19-10-12-20(13-11-19)29(31,32)33/h6-13,18,25H,4-5,14-17H2,1-3H3,(H,34,40). The smallest absolute Gasteiger partial charge is 0.416 e. The molecule has 0 aliphatic carbocycles. The number of likely N-dealkylation sites (N-methyl/N-ethyl adjacent to an activating group) is 1. The fourth-order valence-corrected chi connectivity index (χ4v) is 5.26. The summed E-state index contributed by atoms with van der Waals surface area (Å²) < 4.78 is 59.0. The maximum Gasteiger partial charge on any atom is 0.416 e. The number of hydrogen-bond acceptors (Lipinski definition) is 5. The Labute approximate surface area is 235 Å². The quantitative estimate of drug-likeness (QED) is 0.385. The van der Waals surface area contributed by atoms with Crippen LogP contribution in [0.3, 0.4) is 0 Å². The summed E-state index contributed by atoms with van der Waals surface area (Å²) in [7, 11) is 0. The van der Waals surface area contributed by atoms with Gasteiger partial charge in [-0.25, -0.2) is 14.0 Å². The number of rotatable bonds is 7. The number of urea groups is 1. The lowest BCUT2D eigenvalue weighted by molar-refractivity contribution is -0.139. The Balaban J connectivity index is 1.59. The van der Waals surface area contributed by atoms with Gasteiger partial charge in [-0.1, -0.05) is 18.2 Å². The summed E-state index contributed by atoms with van der Waals surface area (Å²) in [6.07, 6.45) is -4.49. The maximum atomic E-state index is 14.8. The Morgan fingerprint density at radius 3 is 2.32 bits per heavy atom. The van der Waals surface area contributed by atoms with Crippen molar-refractivity contribution in [1.29, 1.82) is 0 Å². The summed E-state index contributed by atoms with van der Waals surface area (Å²) in [5.74, 6) is -1.63. The van der Waals surface area contributed by atoms with Crippen molar-refractivity contribution in [2.45, 2.75) is 39.0 Å². The van der Waals surface area contributed by atoms with Crippen molar-refractivity contribution < 1.29 is 36.7 Å². The number of ether oxygens (including phenoxy) is 1. The molecule has 220 valence electrons. The second kappa shape index (κ2) is 12.3. The van der Waals surface area contributed by atoms with Crippen LogP contribution in [0, 0.1) is 5.82 Å². The number of amides is 3. The van der Waals surface area contributed by atoms with Crippen molar-refractivity contribution >= 4 is 17.9 Å². The third kappa shape index (κ3) is 6.37. The van der Waals surface area contributed by atoms with E-state index in [2.05, 4.69) is 5.32 Å². The van der Waals surface area contributed by atoms with Crippen molar-refractivity contribution in [3.63, 3.8) is 0 Å². The molecule has 41 heavy (non-hydrogen) atoms. The summed E-state index contributed by atoms with van der Waals surface area (Å²) >= 11 is 0. The molecule has 2 heterocycles. The first-order valence-electron chi connectivity index (χ1n) is 13.4. The van der Waals surface area contributed by atoms with Crippen LogP contribution >= 0.6 is 0 Å². The van der Waals surface area contributed by atoms with Gasteiger partial charge >= 0.3 is 18.2 Å². The lowest BCUT2D eigenvalue weighted by atomic mass is 9.93. The van der Waals surface area contributed by atoms with Gasteiger partial charge < -0.3 is 15.0 Å². The zero-order valence-corrected chi connectivity index (χ0v) is 23.0. The van der Waals surface area contributed by atoms with E-state index >= 15 is 0 Å². The number of nitrogens with one attached hydrogen (secondary N) is 1. The van der Waals surface area contributed by atoms with E-state index in [-0.39, 0.29) is 54.9 Å². The van der Waals surface area contributed by atoms with E-state index in [9.17, 15) is 31.9 Å². The topological polar surface area (TPSA) is 82.2 Å². The molecule has 1 N–H and O–H groups in total. The second-order valence-corrected chi connectivity index (χ2v) is 9.89. The maximum absolute atomic E-state index is 14.8. The highest BCUT2D eigenvalue weighted by molar-refractivity contribution is 5.95. The molecule has 1 fully saturated rings. The number of benzene rings is 2. The van der Waals surface area contributed by atoms with Crippen molar-refractivity contribution in [1.82, 2.24) is 20.0 Å². The molecule has 12 heteroatoms. The minimum Gasteiger partial charge on any atom is -0.463 e. The Kier molecular flexibility index (Phi) is 9.01. The molecule has 0 spiro atoms. The lowest BCUT2D eigenvalue weighted by Crippen LogP contribution is -2.56. The number of carbonyl (C=O) groups is 3. The Morgan fingerprint density at radius 2 is 1.73 bits per heavy atom. The van der Waals surface area contributed by atoms with Crippen LogP contribution in [0.2, 0.25) is 0 Å². The van der Waals surface area contributed by atoms with Crippen molar-refractivity contribution in [3.8, 4) is 0 Å². The molecule has 2 aliphatic rings. The molecule has 3 amide bonds. The average molecular weight is 577 g/mol. The molecule has 0 radical (unpaired) electrons. The molecular weight excluding hydrogens is 544 g/mol. The minimum atomic E-state index is -4.49. The highest BCUT2D eigenvalue weighted by Gasteiger charge is 2.40. The third-order valence-electron chi connectivity index (χ3n) is 7.27. The molecule has 2 aliphatic heterocycles. The van der Waals surface area contributed by atoms with Crippen LogP contribution in [0.1, 0.15) is 48.3 Å². The lowest BCUT2D eigenvalue weighted by Gasteiger charge is -2.43. The number of nitrogens with zero attached hydrogens (tertiary/aromatic N) is 3. The summed E-state index contributed by atoms with van der Waals surface area (Å²) in [6, 6.07) is 8.16. The molecule has 2 aromatic carbocycles. The van der Waals surface area contributed by atoms with Gasteiger partial charge in [0, 0.05) is 55.6 Å². The SMILES string of the molecule is CCOC(=O)C1=C(CN2CCN(C(=O)c3ccc(C(F)(F)F)cc3)C(C)C2)N(CC)C(=O)NC1c1ccccc1F. The molecule has 1 saturated heterocycles. The molecule has 2 atom stereocenters. The Hall–Kier alpha value is -3.93. The molecule has 2 aromatic rings. The van der Waals surface area contributed by atoms with E-state index in [0.717, 1.165) is 12.1 Å². The van der Waals surface area contributed by atoms with E-state index in [1.165, 1.54) is 35.2 Å². The van der Waals surface area contributed by atoms with Crippen LogP contribution in [0.15, 0.2) is 59.8 Å². The first-order chi connectivity index (χ1) is 19.5. The normalized spacial score (nSPS) is 20.2. The number of piperazine rings is 1. The zero-order chi connectivity index (χ0) is 29.9. The first kappa shape index (κ1) is 30.0. The van der Waals surface area contributed by atoms with Crippen LogP contribution in [-0.4, -0.2) is 78.0 Å². The summed E-state index contributed by atoms with van der Waals surface area (Å²) in [5.41, 5.74) is -0.0211. The highest BCUT2D eigenvalue weighted by atomic mass is 19.4. The predicted octanol–water partition coefficient (Wildman–Crippen LogP) is 4.59. The zero-order valence-electron chi connectivity index (χ0n) is 23.0. The fraction of sp³-hybridized carbons (Fsp3) is 0.414. The van der Waals surface area contributed by atoms with Gasteiger partial charge in [0.2, 0.25) is 0 Å². The van der Waals surface area contributed by atoms with Gasteiger partial charge in [-0.05, 0) is 51.1 Å². The Bertz CT molecular complexity index is 1330. The van der Waals surface area contributed by atoms with Crippen LogP contribution < -0.4 is 5.32 Å². The molecular formula is C29H32F4N4O4. The number of hydrogen-bond donors (Lipinski definition) is 1. The number of carbonyl (C=O) groups excluding carboxylic acids is 3. The molecule has 0 bridgehead atoms. The number of esters is 1. The predicted molar refractivity (Wildman–Crippen MR) is 142 cm³/mol. The highest BCUT2D eigenvalue weighted by Crippen LogP contribution is 2.34. The van der Waals surface area contributed by atoms with Crippen molar-refractivity contribution in [3.05, 3.63) is 82.3 Å². The number of alkyl halides is 3. The molecule has 8 nitrogen and oxygen atoms in total.